The first-order chi connectivity index (χ1) is 7.96. The third-order valence-electron chi connectivity index (χ3n) is 4.24. The van der Waals surface area contributed by atoms with E-state index in [9.17, 15) is 18.7 Å². The maximum atomic E-state index is 13.5. The summed E-state index contributed by atoms with van der Waals surface area (Å²) in [6.45, 7) is 0. The maximum Gasteiger partial charge on any atom is 0.316 e. The second-order valence-corrected chi connectivity index (χ2v) is 5.04. The van der Waals surface area contributed by atoms with Crippen LogP contribution in [0.2, 0.25) is 0 Å². The molecular formula is C13H12F2O2. The molecule has 0 amide bonds. The van der Waals surface area contributed by atoms with E-state index >= 15 is 0 Å². The molecule has 1 aromatic carbocycles. The van der Waals surface area contributed by atoms with Gasteiger partial charge in [-0.1, -0.05) is 30.3 Å². The van der Waals surface area contributed by atoms with Crippen LogP contribution in [0.5, 0.6) is 0 Å². The van der Waals surface area contributed by atoms with Crippen molar-refractivity contribution in [2.24, 2.45) is 5.41 Å². The molecule has 1 aromatic rings. The Hall–Kier alpha value is -1.45. The quantitative estimate of drug-likeness (QED) is 0.879. The second kappa shape index (κ2) is 2.86. The van der Waals surface area contributed by atoms with E-state index in [0.29, 0.717) is 12.8 Å². The summed E-state index contributed by atoms with van der Waals surface area (Å²) in [6.07, 6.45) is 0.558. The molecule has 2 aliphatic rings. The van der Waals surface area contributed by atoms with E-state index in [1.165, 1.54) is 0 Å². The summed E-state index contributed by atoms with van der Waals surface area (Å²) in [5, 5.41) is 9.20. The fraction of sp³-hybridized carbons (Fsp3) is 0.462. The minimum atomic E-state index is -3.06. The summed E-state index contributed by atoms with van der Waals surface area (Å²) in [5.74, 6) is -4.42. The van der Waals surface area contributed by atoms with Gasteiger partial charge in [0.1, 0.15) is 5.41 Å². The number of benzene rings is 1. The zero-order valence-corrected chi connectivity index (χ0v) is 9.12. The number of aliphatic carboxylic acids is 1. The summed E-state index contributed by atoms with van der Waals surface area (Å²) in [7, 11) is 0. The molecule has 1 unspecified atom stereocenters. The first kappa shape index (κ1) is 10.7. The molecule has 3 rings (SSSR count). The highest BCUT2D eigenvalue weighted by Gasteiger charge is 2.87. The summed E-state index contributed by atoms with van der Waals surface area (Å²) >= 11 is 0. The van der Waals surface area contributed by atoms with Crippen molar-refractivity contribution in [2.45, 2.75) is 30.6 Å². The molecule has 0 spiro atoms. The smallest absolute Gasteiger partial charge is 0.316 e. The molecule has 0 saturated heterocycles. The fourth-order valence-electron chi connectivity index (χ4n) is 3.09. The first-order valence-corrected chi connectivity index (χ1v) is 5.63. The van der Waals surface area contributed by atoms with Crippen molar-refractivity contribution in [1.29, 1.82) is 0 Å². The lowest BCUT2D eigenvalue weighted by atomic mass is 9.79. The molecular weight excluding hydrogens is 226 g/mol. The van der Waals surface area contributed by atoms with Gasteiger partial charge in [0, 0.05) is 11.8 Å². The highest BCUT2D eigenvalue weighted by molar-refractivity contribution is 5.84. The average Bonchev–Trinajstić information content (AvgIpc) is 3.15. The number of hydrogen-bond donors (Lipinski definition) is 1. The fourth-order valence-corrected chi connectivity index (χ4v) is 3.09. The molecule has 0 aliphatic heterocycles. The number of rotatable bonds is 3. The van der Waals surface area contributed by atoms with Gasteiger partial charge >= 0.3 is 5.97 Å². The number of carbonyl (C=O) groups is 1. The molecule has 2 saturated carbocycles. The van der Waals surface area contributed by atoms with Crippen molar-refractivity contribution in [1.82, 2.24) is 0 Å². The number of carboxylic acids is 1. The van der Waals surface area contributed by atoms with Crippen molar-refractivity contribution in [3.63, 3.8) is 0 Å². The summed E-state index contributed by atoms with van der Waals surface area (Å²) in [6, 6.07) is 8.85. The lowest BCUT2D eigenvalue weighted by Gasteiger charge is -2.23. The summed E-state index contributed by atoms with van der Waals surface area (Å²) in [5.41, 5.74) is -1.97. The van der Waals surface area contributed by atoms with Crippen LogP contribution in [-0.4, -0.2) is 17.0 Å². The van der Waals surface area contributed by atoms with Gasteiger partial charge in [-0.25, -0.2) is 8.78 Å². The Morgan fingerprint density at radius 2 is 1.71 bits per heavy atom. The Morgan fingerprint density at radius 1 is 1.18 bits per heavy atom. The Balaban J connectivity index is 2.08. The standard InChI is InChI=1S/C13H12F2O2/c14-13(15)8-12(13,10(16)17)11(6-7-11)9-4-2-1-3-5-9/h1-5H,6-8H2,(H,16,17). The van der Waals surface area contributed by atoms with Gasteiger partial charge in [0.15, 0.2) is 0 Å². The maximum absolute atomic E-state index is 13.5. The van der Waals surface area contributed by atoms with Crippen LogP contribution in [0.15, 0.2) is 30.3 Å². The predicted molar refractivity (Wildman–Crippen MR) is 57.0 cm³/mol. The third kappa shape index (κ3) is 1.10. The van der Waals surface area contributed by atoms with Gasteiger partial charge in [0.05, 0.1) is 0 Å². The molecule has 1 atom stereocenters. The van der Waals surface area contributed by atoms with E-state index in [1.807, 2.05) is 0 Å². The van der Waals surface area contributed by atoms with Crippen LogP contribution in [0.25, 0.3) is 0 Å². The number of halogens is 2. The van der Waals surface area contributed by atoms with Gasteiger partial charge in [-0.05, 0) is 18.4 Å². The third-order valence-corrected chi connectivity index (χ3v) is 4.24. The number of carboxylic acid groups (broad SMARTS) is 1. The zero-order valence-electron chi connectivity index (χ0n) is 9.12. The Morgan fingerprint density at radius 3 is 2.06 bits per heavy atom. The molecule has 0 heterocycles. The normalized spacial score (nSPS) is 31.9. The zero-order chi connectivity index (χ0) is 12.3. The Bertz CT molecular complexity index is 479. The van der Waals surface area contributed by atoms with Gasteiger partial charge in [-0.15, -0.1) is 0 Å². The Kier molecular flexibility index (Phi) is 1.80. The molecule has 0 aromatic heterocycles. The molecule has 2 aliphatic carbocycles. The topological polar surface area (TPSA) is 37.3 Å². The highest BCUT2D eigenvalue weighted by atomic mass is 19.3. The van der Waals surface area contributed by atoms with Gasteiger partial charge in [0.25, 0.3) is 5.92 Å². The van der Waals surface area contributed by atoms with Crippen molar-refractivity contribution < 1.29 is 18.7 Å². The van der Waals surface area contributed by atoms with Gasteiger partial charge in [-0.3, -0.25) is 4.79 Å². The predicted octanol–water partition coefficient (Wildman–Crippen LogP) is 2.83. The Labute approximate surface area is 97.3 Å². The molecule has 4 heteroatoms. The van der Waals surface area contributed by atoms with Crippen LogP contribution >= 0.6 is 0 Å². The molecule has 90 valence electrons. The van der Waals surface area contributed by atoms with E-state index < -0.39 is 29.1 Å². The molecule has 0 bridgehead atoms. The van der Waals surface area contributed by atoms with Crippen LogP contribution in [0, 0.1) is 5.41 Å². The first-order valence-electron chi connectivity index (χ1n) is 5.63. The lowest BCUT2D eigenvalue weighted by Crippen LogP contribution is -2.35. The molecule has 0 radical (unpaired) electrons. The lowest BCUT2D eigenvalue weighted by molar-refractivity contribution is -0.149. The summed E-state index contributed by atoms with van der Waals surface area (Å²) in [4.78, 5) is 11.3. The largest absolute Gasteiger partial charge is 0.481 e. The van der Waals surface area contributed by atoms with Crippen LogP contribution < -0.4 is 0 Å². The molecule has 2 fully saturated rings. The van der Waals surface area contributed by atoms with Gasteiger partial charge < -0.3 is 5.11 Å². The second-order valence-electron chi connectivity index (χ2n) is 5.04. The summed E-state index contributed by atoms with van der Waals surface area (Å²) < 4.78 is 27.1. The van der Waals surface area contributed by atoms with Gasteiger partial charge in [-0.2, -0.15) is 0 Å². The van der Waals surface area contributed by atoms with Crippen molar-refractivity contribution in [2.75, 3.05) is 0 Å². The van der Waals surface area contributed by atoms with Gasteiger partial charge in [0.2, 0.25) is 0 Å². The minimum Gasteiger partial charge on any atom is -0.481 e. The van der Waals surface area contributed by atoms with Crippen molar-refractivity contribution in [3.8, 4) is 0 Å². The van der Waals surface area contributed by atoms with E-state index in [0.717, 1.165) is 5.56 Å². The van der Waals surface area contributed by atoms with Crippen LogP contribution in [-0.2, 0) is 10.2 Å². The molecule has 1 N–H and O–H groups in total. The number of hydrogen-bond acceptors (Lipinski definition) is 1. The van der Waals surface area contributed by atoms with Crippen molar-refractivity contribution in [3.05, 3.63) is 35.9 Å². The van der Waals surface area contributed by atoms with E-state index in [4.69, 9.17) is 0 Å². The van der Waals surface area contributed by atoms with Crippen molar-refractivity contribution >= 4 is 5.97 Å². The minimum absolute atomic E-state index is 0.524. The van der Waals surface area contributed by atoms with Crippen LogP contribution in [0.1, 0.15) is 24.8 Å². The van der Waals surface area contributed by atoms with Crippen LogP contribution in [0.4, 0.5) is 8.78 Å². The molecule has 2 nitrogen and oxygen atoms in total. The number of alkyl halides is 2. The SMILES string of the molecule is O=C(O)C1(C2(c3ccccc3)CC2)CC1(F)F. The van der Waals surface area contributed by atoms with Crippen LogP contribution in [0.3, 0.4) is 0 Å². The average molecular weight is 238 g/mol. The molecule has 17 heavy (non-hydrogen) atoms. The monoisotopic (exact) mass is 238 g/mol. The van der Waals surface area contributed by atoms with E-state index in [-0.39, 0.29) is 0 Å². The van der Waals surface area contributed by atoms with E-state index in [2.05, 4.69) is 0 Å². The van der Waals surface area contributed by atoms with E-state index in [1.54, 1.807) is 30.3 Å². The highest BCUT2D eigenvalue weighted by Crippen LogP contribution is 2.77.